The summed E-state index contributed by atoms with van der Waals surface area (Å²) in [5, 5.41) is 9.02. The van der Waals surface area contributed by atoms with Gasteiger partial charge in [-0.1, -0.05) is 28.1 Å². The molecule has 0 atom stereocenters. The Balaban J connectivity index is 1.51. The maximum atomic E-state index is 6.05. The van der Waals surface area contributed by atoms with Crippen LogP contribution in [0.1, 0.15) is 6.92 Å². The van der Waals surface area contributed by atoms with Crippen LogP contribution in [0.3, 0.4) is 0 Å². The smallest absolute Gasteiger partial charge is 0.212 e. The van der Waals surface area contributed by atoms with Gasteiger partial charge in [-0.15, -0.1) is 11.3 Å². The topological polar surface area (TPSA) is 36.3 Å². The normalized spacial score (nSPS) is 11.2. The molecule has 2 heterocycles. The molecule has 150 valence electrons. The van der Waals surface area contributed by atoms with Crippen molar-refractivity contribution in [1.29, 1.82) is 0 Å². The van der Waals surface area contributed by atoms with E-state index in [0.29, 0.717) is 19.8 Å². The first-order chi connectivity index (χ1) is 14.1. The Morgan fingerprint density at radius 1 is 1.03 bits per heavy atom. The number of aromatic nitrogens is 2. The van der Waals surface area contributed by atoms with Gasteiger partial charge in [0.25, 0.3) is 0 Å². The van der Waals surface area contributed by atoms with Gasteiger partial charge < -0.3 is 9.47 Å². The van der Waals surface area contributed by atoms with Crippen molar-refractivity contribution in [2.24, 2.45) is 0 Å². The number of fused-ring (bicyclic) bond motifs is 1. The standard InChI is InChI=1S/C21H17Br3N2O2S/c1-2-27-19-12-17(21-16(23)7-10-29-21)25-26(19)8-9-28-18-6-3-13-11-14(22)4-5-15(13)20(18)24/h3-7,10-12H,2,8-9H2,1H3. The highest BCUT2D eigenvalue weighted by molar-refractivity contribution is 9.11. The highest BCUT2D eigenvalue weighted by Crippen LogP contribution is 2.36. The molecule has 0 radical (unpaired) electrons. The lowest BCUT2D eigenvalue weighted by Gasteiger charge is -2.12. The fraction of sp³-hybridized carbons (Fsp3) is 0.190. The van der Waals surface area contributed by atoms with Gasteiger partial charge in [0.05, 0.1) is 22.5 Å². The highest BCUT2D eigenvalue weighted by atomic mass is 79.9. The molecule has 0 saturated carbocycles. The maximum absolute atomic E-state index is 6.05. The predicted molar refractivity (Wildman–Crippen MR) is 129 cm³/mol. The third kappa shape index (κ3) is 4.55. The lowest BCUT2D eigenvalue weighted by molar-refractivity contribution is 0.259. The summed E-state index contributed by atoms with van der Waals surface area (Å²) in [5.41, 5.74) is 0.896. The number of nitrogens with zero attached hydrogens (tertiary/aromatic N) is 2. The summed E-state index contributed by atoms with van der Waals surface area (Å²) >= 11 is 12.4. The fourth-order valence-electron chi connectivity index (χ4n) is 3.01. The predicted octanol–water partition coefficient (Wildman–Crippen LogP) is 7.53. The SMILES string of the molecule is CCOc1cc(-c2sccc2Br)nn1CCOc1ccc2cc(Br)ccc2c1Br. The maximum Gasteiger partial charge on any atom is 0.212 e. The van der Waals surface area contributed by atoms with Crippen molar-refractivity contribution < 1.29 is 9.47 Å². The Labute approximate surface area is 198 Å². The van der Waals surface area contributed by atoms with Crippen molar-refractivity contribution in [2.75, 3.05) is 13.2 Å². The van der Waals surface area contributed by atoms with Crippen molar-refractivity contribution in [1.82, 2.24) is 9.78 Å². The van der Waals surface area contributed by atoms with Crippen LogP contribution in [0.2, 0.25) is 0 Å². The highest BCUT2D eigenvalue weighted by Gasteiger charge is 2.14. The Morgan fingerprint density at radius 3 is 2.66 bits per heavy atom. The van der Waals surface area contributed by atoms with Crippen molar-refractivity contribution in [3.63, 3.8) is 0 Å². The second kappa shape index (κ2) is 9.20. The van der Waals surface area contributed by atoms with Crippen LogP contribution in [0, 0.1) is 0 Å². The van der Waals surface area contributed by atoms with Crippen LogP contribution in [-0.2, 0) is 6.54 Å². The van der Waals surface area contributed by atoms with E-state index in [-0.39, 0.29) is 0 Å². The van der Waals surface area contributed by atoms with Gasteiger partial charge in [0.15, 0.2) is 0 Å². The molecule has 4 aromatic rings. The number of rotatable bonds is 7. The number of benzene rings is 2. The van der Waals surface area contributed by atoms with E-state index in [4.69, 9.17) is 14.6 Å². The van der Waals surface area contributed by atoms with Crippen molar-refractivity contribution in [2.45, 2.75) is 13.5 Å². The second-order valence-electron chi connectivity index (χ2n) is 6.21. The molecular weight excluding hydrogens is 584 g/mol. The van der Waals surface area contributed by atoms with E-state index >= 15 is 0 Å². The largest absolute Gasteiger partial charge is 0.490 e. The molecule has 0 saturated heterocycles. The monoisotopic (exact) mass is 598 g/mol. The first-order valence-corrected chi connectivity index (χ1v) is 12.3. The van der Waals surface area contributed by atoms with E-state index in [2.05, 4.69) is 66.0 Å². The lowest BCUT2D eigenvalue weighted by atomic mass is 10.1. The second-order valence-corrected chi connectivity index (χ2v) is 9.69. The number of halogens is 3. The molecule has 4 nitrogen and oxygen atoms in total. The molecule has 0 aliphatic heterocycles. The van der Waals surface area contributed by atoms with Gasteiger partial charge in [-0.3, -0.25) is 0 Å². The van der Waals surface area contributed by atoms with Crippen LogP contribution < -0.4 is 9.47 Å². The Bertz CT molecular complexity index is 1160. The summed E-state index contributed by atoms with van der Waals surface area (Å²) in [6.45, 7) is 3.62. The number of hydrogen-bond donors (Lipinski definition) is 0. The number of thiophene rings is 1. The lowest BCUT2D eigenvalue weighted by Crippen LogP contribution is -2.11. The molecule has 2 aromatic carbocycles. The molecule has 2 aromatic heterocycles. The van der Waals surface area contributed by atoms with Gasteiger partial charge in [-0.25, -0.2) is 4.68 Å². The zero-order chi connectivity index (χ0) is 20.4. The molecule has 8 heteroatoms. The first-order valence-electron chi connectivity index (χ1n) is 9.01. The third-order valence-corrected chi connectivity index (χ3v) is 7.50. The zero-order valence-electron chi connectivity index (χ0n) is 15.5. The van der Waals surface area contributed by atoms with Crippen LogP contribution in [0.25, 0.3) is 21.3 Å². The summed E-state index contributed by atoms with van der Waals surface area (Å²) in [6, 6.07) is 14.2. The van der Waals surface area contributed by atoms with Gasteiger partial charge in [0.2, 0.25) is 5.88 Å². The van der Waals surface area contributed by atoms with Crippen LogP contribution >= 0.6 is 59.1 Å². The summed E-state index contributed by atoms with van der Waals surface area (Å²) in [5.74, 6) is 1.56. The van der Waals surface area contributed by atoms with E-state index in [1.54, 1.807) is 11.3 Å². The summed E-state index contributed by atoms with van der Waals surface area (Å²) in [6.07, 6.45) is 0. The molecular formula is C21H17Br3N2O2S. The quantitative estimate of drug-likeness (QED) is 0.220. The molecule has 0 unspecified atom stereocenters. The molecule has 29 heavy (non-hydrogen) atoms. The average Bonchev–Trinajstić information content (AvgIpc) is 3.30. The fourth-order valence-corrected chi connectivity index (χ4v) is 5.53. The van der Waals surface area contributed by atoms with Crippen LogP contribution in [0.15, 0.2) is 61.3 Å². The van der Waals surface area contributed by atoms with Gasteiger partial charge >= 0.3 is 0 Å². The van der Waals surface area contributed by atoms with Crippen molar-refractivity contribution in [3.8, 4) is 22.2 Å². The molecule has 0 fully saturated rings. The molecule has 0 N–H and O–H groups in total. The molecule has 0 amide bonds. The summed E-state index contributed by atoms with van der Waals surface area (Å²) in [7, 11) is 0. The number of hydrogen-bond acceptors (Lipinski definition) is 4. The third-order valence-electron chi connectivity index (χ3n) is 4.33. The zero-order valence-corrected chi connectivity index (χ0v) is 21.1. The molecule has 0 aliphatic rings. The van der Waals surface area contributed by atoms with E-state index in [9.17, 15) is 0 Å². The van der Waals surface area contributed by atoms with Gasteiger partial charge in [-0.05, 0) is 79.2 Å². The van der Waals surface area contributed by atoms with Crippen molar-refractivity contribution in [3.05, 3.63) is 61.3 Å². The van der Waals surface area contributed by atoms with Crippen molar-refractivity contribution >= 4 is 69.9 Å². The van der Waals surface area contributed by atoms with E-state index < -0.39 is 0 Å². The Hall–Kier alpha value is -1.35. The Kier molecular flexibility index (Phi) is 6.63. The minimum atomic E-state index is 0.480. The minimum absolute atomic E-state index is 0.480. The van der Waals surface area contributed by atoms with Gasteiger partial charge in [-0.2, -0.15) is 5.10 Å². The van der Waals surface area contributed by atoms with Crippen LogP contribution in [0.5, 0.6) is 11.6 Å². The molecule has 0 spiro atoms. The summed E-state index contributed by atoms with van der Waals surface area (Å²) < 4.78 is 16.7. The van der Waals surface area contributed by atoms with Gasteiger partial charge in [0, 0.05) is 15.0 Å². The van der Waals surface area contributed by atoms with Crippen LogP contribution in [-0.4, -0.2) is 23.0 Å². The minimum Gasteiger partial charge on any atom is -0.490 e. The molecule has 0 bridgehead atoms. The van der Waals surface area contributed by atoms with E-state index in [1.807, 2.05) is 41.3 Å². The molecule has 4 rings (SSSR count). The van der Waals surface area contributed by atoms with E-state index in [1.165, 1.54) is 0 Å². The summed E-state index contributed by atoms with van der Waals surface area (Å²) in [4.78, 5) is 1.09. The Morgan fingerprint density at radius 2 is 1.90 bits per heavy atom. The van der Waals surface area contributed by atoms with Gasteiger partial charge in [0.1, 0.15) is 18.1 Å². The molecule has 0 aliphatic carbocycles. The number of ether oxygens (including phenoxy) is 2. The first kappa shape index (κ1) is 20.9. The van der Waals surface area contributed by atoms with Crippen LogP contribution in [0.4, 0.5) is 0 Å². The average molecular weight is 601 g/mol. The van der Waals surface area contributed by atoms with E-state index in [0.717, 1.165) is 46.4 Å².